The van der Waals surface area contributed by atoms with Gasteiger partial charge in [-0.3, -0.25) is 4.79 Å². The first-order valence-corrected chi connectivity index (χ1v) is 14.8. The second-order valence-electron chi connectivity index (χ2n) is 10.8. The first kappa shape index (κ1) is 28.9. The molecule has 6 nitrogen and oxygen atoms in total. The van der Waals surface area contributed by atoms with Crippen molar-refractivity contribution in [1.29, 1.82) is 0 Å². The zero-order valence-corrected chi connectivity index (χ0v) is 23.8. The highest BCUT2D eigenvalue weighted by molar-refractivity contribution is 6.12. The number of benzene rings is 4. The summed E-state index contributed by atoms with van der Waals surface area (Å²) < 4.78 is 5.95. The molecule has 1 unspecified atom stereocenters. The standard InChI is InChI=1S/C36H38N2O4/c39-35(28-13-2-1-3-14-28)31-16-7-9-18-33(31)38-34(36(40)41)25-26-19-21-29(22-20-26)42-24-10-23-37-32-17-8-6-15-30(32)27-11-4-5-12-27/h1-3,6-9,13-22,27,34,37-38H,4-5,10-12,23-25H2,(H,40,41). The van der Waals surface area contributed by atoms with Crippen LogP contribution in [0.15, 0.2) is 103 Å². The number of carbonyl (C=O) groups is 2. The molecule has 0 aliphatic heterocycles. The molecular weight excluding hydrogens is 524 g/mol. The second kappa shape index (κ2) is 14.4. The number of carboxylic acid groups (broad SMARTS) is 1. The molecule has 0 saturated heterocycles. The summed E-state index contributed by atoms with van der Waals surface area (Å²) in [5.41, 5.74) is 5.03. The molecule has 4 aromatic rings. The molecule has 6 heteroatoms. The number of hydrogen-bond donors (Lipinski definition) is 3. The topological polar surface area (TPSA) is 87.7 Å². The van der Waals surface area contributed by atoms with Crippen molar-refractivity contribution in [2.45, 2.75) is 50.5 Å². The van der Waals surface area contributed by atoms with Gasteiger partial charge in [-0.15, -0.1) is 0 Å². The fourth-order valence-corrected chi connectivity index (χ4v) is 5.63. The lowest BCUT2D eigenvalue weighted by Crippen LogP contribution is -2.32. The SMILES string of the molecule is O=C(c1ccccc1)c1ccccc1NC(Cc1ccc(OCCCNc2ccccc2C2CCCC2)cc1)C(=O)O. The number of para-hydroxylation sites is 2. The van der Waals surface area contributed by atoms with Crippen LogP contribution in [0.3, 0.4) is 0 Å². The van der Waals surface area contributed by atoms with Gasteiger partial charge in [-0.25, -0.2) is 4.79 Å². The summed E-state index contributed by atoms with van der Waals surface area (Å²) in [5.74, 6) is 0.284. The number of rotatable bonds is 14. The molecule has 5 rings (SSSR count). The molecule has 42 heavy (non-hydrogen) atoms. The van der Waals surface area contributed by atoms with Gasteiger partial charge in [-0.1, -0.05) is 85.6 Å². The number of hydrogen-bond acceptors (Lipinski definition) is 5. The van der Waals surface area contributed by atoms with Gasteiger partial charge in [0.1, 0.15) is 11.8 Å². The van der Waals surface area contributed by atoms with Crippen LogP contribution in [0.25, 0.3) is 0 Å². The highest BCUT2D eigenvalue weighted by Gasteiger charge is 2.22. The van der Waals surface area contributed by atoms with E-state index >= 15 is 0 Å². The Labute approximate surface area is 247 Å². The van der Waals surface area contributed by atoms with Gasteiger partial charge in [0, 0.05) is 35.5 Å². The van der Waals surface area contributed by atoms with Crippen molar-refractivity contribution in [3.05, 3.63) is 125 Å². The van der Waals surface area contributed by atoms with Gasteiger partial charge in [-0.05, 0) is 66.6 Å². The summed E-state index contributed by atoms with van der Waals surface area (Å²) in [6, 6.07) is 31.3. The van der Waals surface area contributed by atoms with E-state index < -0.39 is 12.0 Å². The molecule has 216 valence electrons. The molecule has 0 aromatic heterocycles. The Morgan fingerprint density at radius 2 is 1.48 bits per heavy atom. The molecule has 4 aromatic carbocycles. The van der Waals surface area contributed by atoms with Gasteiger partial charge in [0.2, 0.25) is 0 Å². The van der Waals surface area contributed by atoms with E-state index in [0.717, 1.165) is 24.3 Å². The number of aliphatic carboxylic acids is 1. The molecule has 0 spiro atoms. The van der Waals surface area contributed by atoms with Crippen molar-refractivity contribution in [3.63, 3.8) is 0 Å². The summed E-state index contributed by atoms with van der Waals surface area (Å²) in [6.07, 6.45) is 6.33. The minimum atomic E-state index is -0.987. The van der Waals surface area contributed by atoms with E-state index in [1.54, 1.807) is 36.4 Å². The molecule has 0 heterocycles. The van der Waals surface area contributed by atoms with Crippen LogP contribution in [0.1, 0.15) is 65.1 Å². The molecule has 1 fully saturated rings. The lowest BCUT2D eigenvalue weighted by atomic mass is 9.96. The average molecular weight is 563 g/mol. The Kier molecular flexibility index (Phi) is 9.89. The monoisotopic (exact) mass is 562 g/mol. The van der Waals surface area contributed by atoms with E-state index in [4.69, 9.17) is 4.74 Å². The van der Waals surface area contributed by atoms with Crippen LogP contribution in [0, 0.1) is 0 Å². The molecule has 0 radical (unpaired) electrons. The average Bonchev–Trinajstić information content (AvgIpc) is 3.57. The van der Waals surface area contributed by atoms with Gasteiger partial charge in [-0.2, -0.15) is 0 Å². The van der Waals surface area contributed by atoms with Gasteiger partial charge < -0.3 is 20.5 Å². The normalized spacial score (nSPS) is 13.8. The van der Waals surface area contributed by atoms with Crippen LogP contribution >= 0.6 is 0 Å². The lowest BCUT2D eigenvalue weighted by Gasteiger charge is -2.18. The van der Waals surface area contributed by atoms with E-state index in [-0.39, 0.29) is 12.2 Å². The molecule has 1 aliphatic carbocycles. The van der Waals surface area contributed by atoms with Crippen molar-refractivity contribution < 1.29 is 19.4 Å². The maximum Gasteiger partial charge on any atom is 0.326 e. The Hall–Kier alpha value is -4.58. The third-order valence-electron chi connectivity index (χ3n) is 7.86. The van der Waals surface area contributed by atoms with E-state index in [1.165, 1.54) is 36.9 Å². The Balaban J connectivity index is 1.12. The number of anilines is 2. The molecule has 0 amide bonds. The van der Waals surface area contributed by atoms with Crippen LogP contribution in [-0.2, 0) is 11.2 Å². The van der Waals surface area contributed by atoms with Crippen LogP contribution in [0.5, 0.6) is 5.75 Å². The molecule has 1 aliphatic rings. The minimum absolute atomic E-state index is 0.155. The van der Waals surface area contributed by atoms with Crippen LogP contribution in [0.4, 0.5) is 11.4 Å². The zero-order chi connectivity index (χ0) is 29.1. The largest absolute Gasteiger partial charge is 0.494 e. The molecule has 3 N–H and O–H groups in total. The zero-order valence-electron chi connectivity index (χ0n) is 23.8. The van der Waals surface area contributed by atoms with E-state index in [0.29, 0.717) is 29.3 Å². The number of nitrogens with one attached hydrogen (secondary N) is 2. The summed E-state index contributed by atoms with van der Waals surface area (Å²) >= 11 is 0. The van der Waals surface area contributed by atoms with Gasteiger partial charge in [0.05, 0.1) is 6.61 Å². The quantitative estimate of drug-likeness (QED) is 0.109. The highest BCUT2D eigenvalue weighted by atomic mass is 16.5. The summed E-state index contributed by atoms with van der Waals surface area (Å²) in [4.78, 5) is 25.2. The summed E-state index contributed by atoms with van der Waals surface area (Å²) in [7, 11) is 0. The third-order valence-corrected chi connectivity index (χ3v) is 7.86. The van der Waals surface area contributed by atoms with E-state index in [1.807, 2.05) is 42.5 Å². The van der Waals surface area contributed by atoms with Crippen molar-refractivity contribution in [1.82, 2.24) is 0 Å². The predicted molar refractivity (Wildman–Crippen MR) is 168 cm³/mol. The number of ketones is 1. The van der Waals surface area contributed by atoms with E-state index in [9.17, 15) is 14.7 Å². The highest BCUT2D eigenvalue weighted by Crippen LogP contribution is 2.37. The summed E-state index contributed by atoms with van der Waals surface area (Å²) in [6.45, 7) is 1.42. The first-order valence-electron chi connectivity index (χ1n) is 14.8. The summed E-state index contributed by atoms with van der Waals surface area (Å²) in [5, 5.41) is 16.6. The van der Waals surface area contributed by atoms with E-state index in [2.05, 4.69) is 34.9 Å². The fraction of sp³-hybridized carbons (Fsp3) is 0.278. The van der Waals surface area contributed by atoms with Crippen molar-refractivity contribution in [3.8, 4) is 5.75 Å². The van der Waals surface area contributed by atoms with Crippen LogP contribution < -0.4 is 15.4 Å². The fourth-order valence-electron chi connectivity index (χ4n) is 5.63. The second-order valence-corrected chi connectivity index (χ2v) is 10.8. The maximum atomic E-state index is 13.1. The minimum Gasteiger partial charge on any atom is -0.494 e. The van der Waals surface area contributed by atoms with Crippen molar-refractivity contribution in [2.24, 2.45) is 0 Å². The van der Waals surface area contributed by atoms with Gasteiger partial charge in [0.15, 0.2) is 5.78 Å². The first-order chi connectivity index (χ1) is 20.6. The van der Waals surface area contributed by atoms with Gasteiger partial charge >= 0.3 is 5.97 Å². The van der Waals surface area contributed by atoms with Crippen LogP contribution in [0.2, 0.25) is 0 Å². The Morgan fingerprint density at radius 1 is 0.810 bits per heavy atom. The number of carboxylic acids is 1. The third kappa shape index (κ3) is 7.58. The molecule has 1 atom stereocenters. The molecular formula is C36H38N2O4. The van der Waals surface area contributed by atoms with Crippen molar-refractivity contribution in [2.75, 3.05) is 23.8 Å². The number of ether oxygens (including phenoxy) is 1. The van der Waals surface area contributed by atoms with Crippen LogP contribution in [-0.4, -0.2) is 36.1 Å². The maximum absolute atomic E-state index is 13.1. The van der Waals surface area contributed by atoms with Crippen molar-refractivity contribution >= 4 is 23.1 Å². The predicted octanol–water partition coefficient (Wildman–Crippen LogP) is 7.56. The smallest absolute Gasteiger partial charge is 0.326 e. The molecule has 1 saturated carbocycles. The number of carbonyl (C=O) groups excluding carboxylic acids is 1. The Morgan fingerprint density at radius 3 is 2.21 bits per heavy atom. The van der Waals surface area contributed by atoms with Gasteiger partial charge in [0.25, 0.3) is 0 Å². The Bertz CT molecular complexity index is 1460. The lowest BCUT2D eigenvalue weighted by molar-refractivity contribution is -0.137. The molecule has 0 bridgehead atoms.